The first-order valence-electron chi connectivity index (χ1n) is 7.39. The lowest BCUT2D eigenvalue weighted by Gasteiger charge is -2.15. The molecule has 2 rings (SSSR count). The van der Waals surface area contributed by atoms with E-state index in [0.29, 0.717) is 0 Å². The monoisotopic (exact) mass is 284 g/mol. The molecule has 0 saturated carbocycles. The summed E-state index contributed by atoms with van der Waals surface area (Å²) in [7, 11) is 0. The summed E-state index contributed by atoms with van der Waals surface area (Å²) in [5.74, 6) is 0.776. The molecule has 0 aliphatic heterocycles. The number of hydrogen-bond acceptors (Lipinski definition) is 3. The first-order chi connectivity index (χ1) is 9.95. The molecule has 1 atom stereocenters. The van der Waals surface area contributed by atoms with Gasteiger partial charge in [-0.1, -0.05) is 18.2 Å². The van der Waals surface area contributed by atoms with Crippen LogP contribution < -0.4 is 10.5 Å². The quantitative estimate of drug-likeness (QED) is 0.910. The van der Waals surface area contributed by atoms with Gasteiger partial charge in [0.1, 0.15) is 5.75 Å². The topological polar surface area (TPSA) is 48.1 Å². The van der Waals surface area contributed by atoms with E-state index in [-0.39, 0.29) is 12.1 Å². The molecule has 1 unspecified atom stereocenters. The van der Waals surface area contributed by atoms with Crippen LogP contribution in [0.25, 0.3) is 0 Å². The van der Waals surface area contributed by atoms with Gasteiger partial charge in [-0.25, -0.2) is 0 Å². The number of pyridine rings is 1. The standard InChI is InChI=1S/C18H24N2O/c1-12(2)21-17-9-16(10-20-11-17)18(19)8-15-6-5-13(3)14(4)7-15/h5-7,9-12,18H,8,19H2,1-4H3. The number of aromatic nitrogens is 1. The van der Waals surface area contributed by atoms with Gasteiger partial charge < -0.3 is 10.5 Å². The van der Waals surface area contributed by atoms with Crippen molar-refractivity contribution in [3.63, 3.8) is 0 Å². The Kier molecular flexibility index (Phi) is 4.97. The van der Waals surface area contributed by atoms with Gasteiger partial charge in [-0.2, -0.15) is 0 Å². The lowest BCUT2D eigenvalue weighted by molar-refractivity contribution is 0.241. The van der Waals surface area contributed by atoms with Gasteiger partial charge in [0.25, 0.3) is 0 Å². The molecule has 112 valence electrons. The van der Waals surface area contributed by atoms with Crippen LogP contribution in [-0.2, 0) is 6.42 Å². The molecule has 0 bridgehead atoms. The predicted molar refractivity (Wildman–Crippen MR) is 86.5 cm³/mol. The molecular weight excluding hydrogens is 260 g/mol. The summed E-state index contributed by atoms with van der Waals surface area (Å²) in [4.78, 5) is 4.23. The second-order valence-corrected chi connectivity index (χ2v) is 5.85. The van der Waals surface area contributed by atoms with E-state index < -0.39 is 0 Å². The molecule has 0 spiro atoms. The molecule has 0 aliphatic carbocycles. The molecule has 0 radical (unpaired) electrons. The third kappa shape index (κ3) is 4.30. The van der Waals surface area contributed by atoms with Gasteiger partial charge in [0, 0.05) is 12.2 Å². The molecule has 2 aromatic rings. The van der Waals surface area contributed by atoms with Gasteiger partial charge in [-0.05, 0) is 62.4 Å². The zero-order valence-electron chi connectivity index (χ0n) is 13.3. The summed E-state index contributed by atoms with van der Waals surface area (Å²) in [5.41, 5.74) is 11.2. The van der Waals surface area contributed by atoms with Crippen molar-refractivity contribution >= 4 is 0 Å². The van der Waals surface area contributed by atoms with Crippen LogP contribution in [-0.4, -0.2) is 11.1 Å². The Bertz CT molecular complexity index is 608. The second kappa shape index (κ2) is 6.72. The van der Waals surface area contributed by atoms with Crippen molar-refractivity contribution in [2.75, 3.05) is 0 Å². The van der Waals surface area contributed by atoms with Crippen molar-refractivity contribution in [2.45, 2.75) is 46.3 Å². The van der Waals surface area contributed by atoms with E-state index in [1.807, 2.05) is 26.1 Å². The molecule has 3 nitrogen and oxygen atoms in total. The fourth-order valence-electron chi connectivity index (χ4n) is 2.28. The largest absolute Gasteiger partial charge is 0.489 e. The Labute approximate surface area is 127 Å². The average Bonchev–Trinajstić information content (AvgIpc) is 2.42. The lowest BCUT2D eigenvalue weighted by atomic mass is 9.98. The van der Waals surface area contributed by atoms with Crippen molar-refractivity contribution in [3.05, 3.63) is 58.9 Å². The van der Waals surface area contributed by atoms with Crippen molar-refractivity contribution < 1.29 is 4.74 Å². The Morgan fingerprint density at radius 3 is 2.52 bits per heavy atom. The third-order valence-electron chi connectivity index (χ3n) is 3.56. The van der Waals surface area contributed by atoms with Crippen molar-refractivity contribution in [3.8, 4) is 5.75 Å². The molecule has 1 aromatic carbocycles. The van der Waals surface area contributed by atoms with E-state index in [2.05, 4.69) is 37.0 Å². The van der Waals surface area contributed by atoms with Crippen LogP contribution in [0.5, 0.6) is 5.75 Å². The van der Waals surface area contributed by atoms with Crippen LogP contribution >= 0.6 is 0 Å². The van der Waals surface area contributed by atoms with E-state index in [1.54, 1.807) is 6.20 Å². The molecule has 0 saturated heterocycles. The fourth-order valence-corrected chi connectivity index (χ4v) is 2.28. The van der Waals surface area contributed by atoms with Gasteiger partial charge in [-0.3, -0.25) is 4.98 Å². The molecule has 2 N–H and O–H groups in total. The first kappa shape index (κ1) is 15.5. The number of aryl methyl sites for hydroxylation is 2. The Hall–Kier alpha value is -1.87. The van der Waals surface area contributed by atoms with Crippen LogP contribution in [0.4, 0.5) is 0 Å². The number of ether oxygens (including phenoxy) is 1. The van der Waals surface area contributed by atoms with E-state index in [4.69, 9.17) is 10.5 Å². The maximum absolute atomic E-state index is 6.32. The highest BCUT2D eigenvalue weighted by Crippen LogP contribution is 2.21. The van der Waals surface area contributed by atoms with Crippen molar-refractivity contribution in [1.82, 2.24) is 4.98 Å². The number of nitrogens with zero attached hydrogens (tertiary/aromatic N) is 1. The second-order valence-electron chi connectivity index (χ2n) is 5.85. The molecule has 0 aliphatic rings. The maximum Gasteiger partial charge on any atom is 0.138 e. The zero-order valence-corrected chi connectivity index (χ0v) is 13.3. The number of benzene rings is 1. The highest BCUT2D eigenvalue weighted by molar-refractivity contribution is 5.32. The van der Waals surface area contributed by atoms with Crippen molar-refractivity contribution in [2.24, 2.45) is 5.73 Å². The molecule has 1 heterocycles. The average molecular weight is 284 g/mol. The van der Waals surface area contributed by atoms with Crippen molar-refractivity contribution in [1.29, 1.82) is 0 Å². The highest BCUT2D eigenvalue weighted by Gasteiger charge is 2.10. The molecule has 0 fully saturated rings. The smallest absolute Gasteiger partial charge is 0.138 e. The van der Waals surface area contributed by atoms with Crippen LogP contribution in [0.15, 0.2) is 36.7 Å². The van der Waals surface area contributed by atoms with Gasteiger partial charge in [0.05, 0.1) is 12.3 Å². The predicted octanol–water partition coefficient (Wildman–Crippen LogP) is 3.73. The summed E-state index contributed by atoms with van der Waals surface area (Å²) in [6.45, 7) is 8.25. The minimum absolute atomic E-state index is 0.0738. The highest BCUT2D eigenvalue weighted by atomic mass is 16.5. The SMILES string of the molecule is Cc1ccc(CC(N)c2cncc(OC(C)C)c2)cc1C. The number of hydrogen-bond donors (Lipinski definition) is 1. The summed E-state index contributed by atoms with van der Waals surface area (Å²) in [6, 6.07) is 8.41. The number of rotatable bonds is 5. The molecule has 1 aromatic heterocycles. The molecule has 3 heteroatoms. The van der Waals surface area contributed by atoms with Crippen LogP contribution in [0, 0.1) is 13.8 Å². The minimum Gasteiger partial charge on any atom is -0.489 e. The van der Waals surface area contributed by atoms with Gasteiger partial charge >= 0.3 is 0 Å². The summed E-state index contributed by atoms with van der Waals surface area (Å²) < 4.78 is 5.67. The Balaban J connectivity index is 2.12. The Morgan fingerprint density at radius 1 is 1.10 bits per heavy atom. The van der Waals surface area contributed by atoms with E-state index in [9.17, 15) is 0 Å². The van der Waals surface area contributed by atoms with Gasteiger partial charge in [0.15, 0.2) is 0 Å². The van der Waals surface area contributed by atoms with Crippen LogP contribution in [0.1, 0.15) is 42.1 Å². The fraction of sp³-hybridized carbons (Fsp3) is 0.389. The van der Waals surface area contributed by atoms with Gasteiger partial charge in [-0.15, -0.1) is 0 Å². The van der Waals surface area contributed by atoms with E-state index in [0.717, 1.165) is 17.7 Å². The van der Waals surface area contributed by atoms with Crippen LogP contribution in [0.2, 0.25) is 0 Å². The molecular formula is C18H24N2O. The molecule has 0 amide bonds. The van der Waals surface area contributed by atoms with E-state index >= 15 is 0 Å². The number of nitrogens with two attached hydrogens (primary N) is 1. The maximum atomic E-state index is 6.32. The molecule has 21 heavy (non-hydrogen) atoms. The summed E-state index contributed by atoms with van der Waals surface area (Å²) >= 11 is 0. The normalized spacial score (nSPS) is 12.5. The van der Waals surface area contributed by atoms with Gasteiger partial charge in [0.2, 0.25) is 0 Å². The minimum atomic E-state index is -0.0738. The summed E-state index contributed by atoms with van der Waals surface area (Å²) in [6.07, 6.45) is 4.48. The lowest BCUT2D eigenvalue weighted by Crippen LogP contribution is -2.14. The van der Waals surface area contributed by atoms with E-state index in [1.165, 1.54) is 16.7 Å². The zero-order chi connectivity index (χ0) is 15.4. The third-order valence-corrected chi connectivity index (χ3v) is 3.56. The van der Waals surface area contributed by atoms with Crippen LogP contribution in [0.3, 0.4) is 0 Å². The first-order valence-corrected chi connectivity index (χ1v) is 7.39. The summed E-state index contributed by atoms with van der Waals surface area (Å²) in [5, 5.41) is 0. The Morgan fingerprint density at radius 2 is 1.86 bits per heavy atom.